The molecule has 1 amide bonds. The largest absolute Gasteiger partial charge is 0.444 e. The number of anilines is 1. The highest BCUT2D eigenvalue weighted by molar-refractivity contribution is 6.31. The van der Waals surface area contributed by atoms with Crippen molar-refractivity contribution in [2.75, 3.05) is 11.9 Å². The molecule has 0 fully saturated rings. The molecule has 0 atom stereocenters. The lowest BCUT2D eigenvalue weighted by atomic mass is 10.1. The number of carbonyl (C=O) groups is 1. The van der Waals surface area contributed by atoms with Crippen LogP contribution in [-0.2, 0) is 11.2 Å². The second-order valence-electron chi connectivity index (χ2n) is 5.26. The Hall–Kier alpha value is -1.26. The topological polar surface area (TPSA) is 58.6 Å². The summed E-state index contributed by atoms with van der Waals surface area (Å²) in [6.45, 7) is 5.51. The molecule has 1 aromatic carbocycles. The van der Waals surface area contributed by atoms with Gasteiger partial charge in [0.2, 0.25) is 0 Å². The Labute approximate surface area is 118 Å². The third-order valence-corrected chi connectivity index (χ3v) is 2.55. The van der Waals surface area contributed by atoms with Crippen LogP contribution in [0.25, 0.3) is 0 Å². The van der Waals surface area contributed by atoms with E-state index in [1.54, 1.807) is 32.9 Å². The zero-order valence-electron chi connectivity index (χ0n) is 11.5. The van der Waals surface area contributed by atoms with Crippen molar-refractivity contribution in [2.24, 2.45) is 0 Å². The maximum absolute atomic E-state index is 11.7. The lowest BCUT2D eigenvalue weighted by molar-refractivity contribution is 0.0636. The van der Waals surface area contributed by atoms with Gasteiger partial charge in [-0.15, -0.1) is 0 Å². The maximum atomic E-state index is 11.7. The molecule has 0 aromatic heterocycles. The third-order valence-electron chi connectivity index (χ3n) is 2.31. The van der Waals surface area contributed by atoms with Gasteiger partial charge in [-0.2, -0.15) is 0 Å². The van der Waals surface area contributed by atoms with Crippen LogP contribution in [0, 0.1) is 0 Å². The van der Waals surface area contributed by atoms with Gasteiger partial charge in [0.25, 0.3) is 0 Å². The lowest BCUT2D eigenvalue weighted by Gasteiger charge is -2.20. The van der Waals surface area contributed by atoms with Gasteiger partial charge in [0.1, 0.15) is 5.60 Å². The molecule has 0 heterocycles. The van der Waals surface area contributed by atoms with E-state index in [4.69, 9.17) is 21.4 Å². The molecule has 5 heteroatoms. The molecule has 0 spiro atoms. The number of carbonyl (C=O) groups excluding carboxylic acids is 1. The summed E-state index contributed by atoms with van der Waals surface area (Å²) in [4.78, 5) is 11.7. The van der Waals surface area contributed by atoms with Gasteiger partial charge in [-0.25, -0.2) is 4.79 Å². The first-order valence-electron chi connectivity index (χ1n) is 6.21. The van der Waals surface area contributed by atoms with E-state index in [2.05, 4.69) is 5.32 Å². The van der Waals surface area contributed by atoms with Gasteiger partial charge in [-0.3, -0.25) is 5.32 Å². The van der Waals surface area contributed by atoms with Crippen molar-refractivity contribution in [3.63, 3.8) is 0 Å². The summed E-state index contributed by atoms with van der Waals surface area (Å²) in [6, 6.07) is 5.28. The smallest absolute Gasteiger partial charge is 0.412 e. The van der Waals surface area contributed by atoms with Crippen LogP contribution in [0.3, 0.4) is 0 Å². The first-order chi connectivity index (χ1) is 8.81. The number of ether oxygens (including phenoxy) is 1. The van der Waals surface area contributed by atoms with Gasteiger partial charge in [0.05, 0.1) is 0 Å². The van der Waals surface area contributed by atoms with Crippen molar-refractivity contribution in [1.82, 2.24) is 0 Å². The minimum Gasteiger partial charge on any atom is -0.444 e. The van der Waals surface area contributed by atoms with Crippen LogP contribution in [0.1, 0.15) is 32.8 Å². The van der Waals surface area contributed by atoms with Crippen molar-refractivity contribution < 1.29 is 14.6 Å². The highest BCUT2D eigenvalue weighted by Gasteiger charge is 2.17. The number of aliphatic hydroxyl groups excluding tert-OH is 1. The molecule has 0 bridgehead atoms. The average Bonchev–Trinajstić information content (AvgIpc) is 2.25. The highest BCUT2D eigenvalue weighted by atomic mass is 35.5. The van der Waals surface area contributed by atoms with Crippen LogP contribution in [0.5, 0.6) is 0 Å². The van der Waals surface area contributed by atoms with Crippen LogP contribution in [0.2, 0.25) is 5.02 Å². The Morgan fingerprint density at radius 1 is 1.42 bits per heavy atom. The number of hydrogen-bond acceptors (Lipinski definition) is 3. The number of rotatable bonds is 4. The molecule has 106 valence electrons. The monoisotopic (exact) mass is 285 g/mol. The van der Waals surface area contributed by atoms with Gasteiger partial charge < -0.3 is 9.84 Å². The summed E-state index contributed by atoms with van der Waals surface area (Å²) in [5, 5.41) is 12.1. The summed E-state index contributed by atoms with van der Waals surface area (Å²) in [5.41, 5.74) is 0.994. The number of benzene rings is 1. The number of aryl methyl sites for hydroxylation is 1. The summed E-state index contributed by atoms with van der Waals surface area (Å²) in [6.07, 6.45) is 0.781. The molecular weight excluding hydrogens is 266 g/mol. The van der Waals surface area contributed by atoms with Gasteiger partial charge in [-0.05, 0) is 51.3 Å². The molecule has 1 rings (SSSR count). The molecule has 0 aliphatic rings. The second-order valence-corrected chi connectivity index (χ2v) is 5.69. The van der Waals surface area contributed by atoms with Crippen molar-refractivity contribution in [3.8, 4) is 0 Å². The van der Waals surface area contributed by atoms with Gasteiger partial charge in [0.15, 0.2) is 0 Å². The van der Waals surface area contributed by atoms with E-state index < -0.39 is 11.7 Å². The first kappa shape index (κ1) is 15.8. The number of nitrogens with one attached hydrogen (secondary N) is 1. The molecule has 0 saturated heterocycles. The first-order valence-corrected chi connectivity index (χ1v) is 6.59. The minimum atomic E-state index is -0.548. The van der Waals surface area contributed by atoms with E-state index >= 15 is 0 Å². The number of halogens is 1. The molecular formula is C14H20ClNO3. The van der Waals surface area contributed by atoms with E-state index in [1.807, 2.05) is 6.07 Å². The Morgan fingerprint density at radius 2 is 2.11 bits per heavy atom. The molecule has 2 N–H and O–H groups in total. The second kappa shape index (κ2) is 6.78. The van der Waals surface area contributed by atoms with Crippen molar-refractivity contribution in [1.29, 1.82) is 0 Å². The quantitative estimate of drug-likeness (QED) is 0.888. The van der Waals surface area contributed by atoms with Crippen molar-refractivity contribution in [3.05, 3.63) is 28.8 Å². The number of aliphatic hydroxyl groups is 1. The van der Waals surface area contributed by atoms with E-state index in [0.29, 0.717) is 23.6 Å². The fourth-order valence-corrected chi connectivity index (χ4v) is 1.74. The van der Waals surface area contributed by atoms with Crippen LogP contribution < -0.4 is 5.32 Å². The molecule has 4 nitrogen and oxygen atoms in total. The Morgan fingerprint density at radius 3 is 2.68 bits per heavy atom. The molecule has 0 aliphatic heterocycles. The van der Waals surface area contributed by atoms with Crippen LogP contribution in [-0.4, -0.2) is 23.4 Å². The van der Waals surface area contributed by atoms with E-state index in [9.17, 15) is 4.79 Å². The van der Waals surface area contributed by atoms with Gasteiger partial charge in [-0.1, -0.05) is 17.7 Å². The van der Waals surface area contributed by atoms with E-state index in [-0.39, 0.29) is 6.61 Å². The summed E-state index contributed by atoms with van der Waals surface area (Å²) in [7, 11) is 0. The zero-order chi connectivity index (χ0) is 14.5. The fraction of sp³-hybridized carbons (Fsp3) is 0.500. The van der Waals surface area contributed by atoms with Crippen LogP contribution in [0.4, 0.5) is 10.5 Å². The molecule has 0 aliphatic carbocycles. The molecule has 1 aromatic rings. The zero-order valence-corrected chi connectivity index (χ0v) is 12.3. The van der Waals surface area contributed by atoms with Crippen molar-refractivity contribution >= 4 is 23.4 Å². The predicted octanol–water partition coefficient (Wildman–Crippen LogP) is 3.61. The van der Waals surface area contributed by atoms with E-state index in [0.717, 1.165) is 5.56 Å². The van der Waals surface area contributed by atoms with Crippen molar-refractivity contribution in [2.45, 2.75) is 39.2 Å². The third kappa shape index (κ3) is 5.94. The summed E-state index contributed by atoms with van der Waals surface area (Å²) < 4.78 is 5.20. The van der Waals surface area contributed by atoms with E-state index in [1.165, 1.54) is 0 Å². The highest BCUT2D eigenvalue weighted by Crippen LogP contribution is 2.23. The Balaban J connectivity index is 2.80. The van der Waals surface area contributed by atoms with Crippen LogP contribution >= 0.6 is 11.6 Å². The standard InChI is InChI=1S/C14H20ClNO3/c1-14(2,3)19-13(18)16-12-9-11(15)7-6-10(12)5-4-8-17/h6-7,9,17H,4-5,8H2,1-3H3,(H,16,18). The predicted molar refractivity (Wildman–Crippen MR) is 76.7 cm³/mol. The number of hydrogen-bond donors (Lipinski definition) is 2. The molecule has 0 unspecified atom stereocenters. The Kier molecular flexibility index (Phi) is 5.63. The average molecular weight is 286 g/mol. The summed E-state index contributed by atoms with van der Waals surface area (Å²) >= 11 is 5.93. The maximum Gasteiger partial charge on any atom is 0.412 e. The fourth-order valence-electron chi connectivity index (χ4n) is 1.57. The van der Waals surface area contributed by atoms with Gasteiger partial charge >= 0.3 is 6.09 Å². The van der Waals surface area contributed by atoms with Crippen LogP contribution in [0.15, 0.2) is 18.2 Å². The Bertz CT molecular complexity index is 441. The molecule has 19 heavy (non-hydrogen) atoms. The number of amides is 1. The molecule has 0 radical (unpaired) electrons. The van der Waals surface area contributed by atoms with Gasteiger partial charge in [0, 0.05) is 17.3 Å². The minimum absolute atomic E-state index is 0.106. The normalized spacial score (nSPS) is 11.2. The lowest BCUT2D eigenvalue weighted by Crippen LogP contribution is -2.27. The SMILES string of the molecule is CC(C)(C)OC(=O)Nc1cc(Cl)ccc1CCCO. The summed E-state index contributed by atoms with van der Waals surface area (Å²) in [5.74, 6) is 0. The molecule has 0 saturated carbocycles.